The number of piperazine rings is 1. The zero-order valence-corrected chi connectivity index (χ0v) is 22.4. The van der Waals surface area contributed by atoms with Crippen molar-refractivity contribution in [1.82, 2.24) is 19.1 Å². The van der Waals surface area contributed by atoms with Crippen LogP contribution in [0, 0.1) is 0 Å². The van der Waals surface area contributed by atoms with Crippen molar-refractivity contribution in [2.45, 2.75) is 30.5 Å². The number of benzene rings is 2. The zero-order valence-electron chi connectivity index (χ0n) is 19.9. The molecule has 11 heteroatoms. The van der Waals surface area contributed by atoms with E-state index in [1.54, 1.807) is 6.07 Å². The number of rotatable bonds is 9. The molecule has 0 atom stereocenters. The van der Waals surface area contributed by atoms with E-state index >= 15 is 0 Å². The summed E-state index contributed by atoms with van der Waals surface area (Å²) in [5.41, 5.74) is 2.25. The van der Waals surface area contributed by atoms with Crippen molar-refractivity contribution >= 4 is 51.2 Å². The molecule has 35 heavy (non-hydrogen) atoms. The Balaban J connectivity index is 0.00000342. The van der Waals surface area contributed by atoms with Gasteiger partial charge in [0.05, 0.1) is 10.6 Å². The van der Waals surface area contributed by atoms with Crippen LogP contribution in [-0.2, 0) is 21.4 Å². The number of hydrogen-bond donors (Lipinski definition) is 0. The first-order valence-electron chi connectivity index (χ1n) is 11.5. The van der Waals surface area contributed by atoms with Gasteiger partial charge in [-0.2, -0.15) is 4.31 Å². The molecule has 190 valence electrons. The first kappa shape index (κ1) is 27.5. The van der Waals surface area contributed by atoms with Crippen LogP contribution in [0.4, 0.5) is 0 Å². The zero-order chi connectivity index (χ0) is 24.1. The van der Waals surface area contributed by atoms with E-state index in [0.717, 1.165) is 19.6 Å². The molecule has 0 spiro atoms. The predicted molar refractivity (Wildman–Crippen MR) is 140 cm³/mol. The monoisotopic (exact) mass is 538 g/mol. The van der Waals surface area contributed by atoms with Crippen LogP contribution in [0.1, 0.15) is 19.4 Å². The number of aromatic nitrogens is 1. The Morgan fingerprint density at radius 2 is 1.74 bits per heavy atom. The second kappa shape index (κ2) is 12.2. The summed E-state index contributed by atoms with van der Waals surface area (Å²) in [7, 11) is -3.57. The van der Waals surface area contributed by atoms with E-state index in [2.05, 4.69) is 22.0 Å². The number of thioether (sulfide) groups is 1. The van der Waals surface area contributed by atoms with Crippen molar-refractivity contribution in [2.75, 3.05) is 45.0 Å². The lowest BCUT2D eigenvalue weighted by Gasteiger charge is -2.34. The van der Waals surface area contributed by atoms with E-state index < -0.39 is 10.0 Å². The molecule has 0 bridgehead atoms. The smallest absolute Gasteiger partial charge is 0.257 e. The highest BCUT2D eigenvalue weighted by molar-refractivity contribution is 7.99. The number of amides is 1. The summed E-state index contributed by atoms with van der Waals surface area (Å²) < 4.78 is 32.7. The molecule has 0 unspecified atom stereocenters. The molecule has 8 nitrogen and oxygen atoms in total. The molecule has 4 rings (SSSR count). The van der Waals surface area contributed by atoms with E-state index in [1.165, 1.54) is 33.8 Å². The van der Waals surface area contributed by atoms with E-state index in [9.17, 15) is 13.2 Å². The molecule has 0 saturated carbocycles. The molecule has 1 fully saturated rings. The highest BCUT2D eigenvalue weighted by Gasteiger charge is 2.24. The molecular weight excluding hydrogens is 508 g/mol. The minimum absolute atomic E-state index is 0. The van der Waals surface area contributed by atoms with E-state index in [1.807, 2.05) is 36.9 Å². The first-order valence-corrected chi connectivity index (χ1v) is 13.9. The summed E-state index contributed by atoms with van der Waals surface area (Å²) in [6.45, 7) is 8.41. The quantitative estimate of drug-likeness (QED) is 0.384. The Morgan fingerprint density at radius 3 is 2.40 bits per heavy atom. The van der Waals surface area contributed by atoms with Crippen molar-refractivity contribution in [3.05, 3.63) is 54.1 Å². The maximum absolute atomic E-state index is 12.8. The van der Waals surface area contributed by atoms with Gasteiger partial charge in [-0.05, 0) is 23.8 Å². The van der Waals surface area contributed by atoms with Crippen molar-refractivity contribution in [3.8, 4) is 0 Å². The summed E-state index contributed by atoms with van der Waals surface area (Å²) in [4.78, 5) is 21.6. The summed E-state index contributed by atoms with van der Waals surface area (Å²) in [5.74, 6) is 0.284. The lowest BCUT2D eigenvalue weighted by molar-refractivity contribution is -0.130. The fourth-order valence-corrected chi connectivity index (χ4v) is 6.25. The van der Waals surface area contributed by atoms with Gasteiger partial charge in [0, 0.05) is 45.8 Å². The Labute approximate surface area is 217 Å². The number of halogens is 1. The average Bonchev–Trinajstić information content (AvgIpc) is 3.26. The lowest BCUT2D eigenvalue weighted by Crippen LogP contribution is -2.48. The fourth-order valence-electron chi connectivity index (χ4n) is 4.03. The number of carbonyl (C=O) groups excluding carboxylic acids is 1. The van der Waals surface area contributed by atoms with Crippen LogP contribution in [0.5, 0.6) is 0 Å². The van der Waals surface area contributed by atoms with Crippen LogP contribution < -0.4 is 0 Å². The van der Waals surface area contributed by atoms with Crippen LogP contribution in [0.3, 0.4) is 0 Å². The van der Waals surface area contributed by atoms with Crippen molar-refractivity contribution in [2.24, 2.45) is 0 Å². The van der Waals surface area contributed by atoms with Gasteiger partial charge in [-0.15, -0.1) is 12.4 Å². The van der Waals surface area contributed by atoms with Gasteiger partial charge >= 0.3 is 0 Å². The van der Waals surface area contributed by atoms with Crippen LogP contribution in [-0.4, -0.2) is 78.4 Å². The molecule has 0 N–H and O–H groups in total. The Bertz CT molecular complexity index is 1220. The molecule has 1 aliphatic rings. The summed E-state index contributed by atoms with van der Waals surface area (Å²) >= 11 is 1.24. The largest absolute Gasteiger partial charge is 0.431 e. The van der Waals surface area contributed by atoms with Gasteiger partial charge in [-0.25, -0.2) is 13.4 Å². The van der Waals surface area contributed by atoms with Crippen LogP contribution in [0.15, 0.2) is 63.1 Å². The van der Waals surface area contributed by atoms with Gasteiger partial charge < -0.3 is 9.32 Å². The maximum Gasteiger partial charge on any atom is 0.257 e. The molecule has 3 aromatic rings. The number of oxazole rings is 1. The normalized spacial score (nSPS) is 14.9. The molecule has 0 aliphatic carbocycles. The highest BCUT2D eigenvalue weighted by atomic mass is 35.5. The molecule has 2 heterocycles. The molecule has 1 amide bonds. The number of hydrogen-bond acceptors (Lipinski definition) is 7. The third-order valence-corrected chi connectivity index (χ3v) is 8.83. The van der Waals surface area contributed by atoms with Crippen molar-refractivity contribution < 1.29 is 17.6 Å². The predicted octanol–water partition coefficient (Wildman–Crippen LogP) is 3.72. The fraction of sp³-hybridized carbons (Fsp3) is 0.417. The first-order chi connectivity index (χ1) is 16.4. The van der Waals surface area contributed by atoms with Crippen LogP contribution >= 0.6 is 24.2 Å². The van der Waals surface area contributed by atoms with E-state index in [-0.39, 0.29) is 29.0 Å². The van der Waals surface area contributed by atoms with E-state index in [0.29, 0.717) is 42.5 Å². The lowest BCUT2D eigenvalue weighted by atomic mass is 10.2. The minimum atomic E-state index is -3.57. The van der Waals surface area contributed by atoms with Crippen LogP contribution in [0.2, 0.25) is 0 Å². The van der Waals surface area contributed by atoms with Gasteiger partial charge in [0.25, 0.3) is 5.22 Å². The molecule has 0 radical (unpaired) electrons. The van der Waals surface area contributed by atoms with Crippen molar-refractivity contribution in [1.29, 1.82) is 0 Å². The number of sulfonamides is 1. The standard InChI is InChI=1S/C24H30N4O4S2.ClH/c1-3-28(4-2)34(30,31)20-10-11-22-21(16-20)25-24(32-22)33-18-23(29)27-14-12-26(13-15-27)17-19-8-6-5-7-9-19;/h5-11,16H,3-4,12-15,17-18H2,1-2H3;1H. The third-order valence-electron chi connectivity index (χ3n) is 5.98. The summed E-state index contributed by atoms with van der Waals surface area (Å²) in [6.07, 6.45) is 0. The molecule has 1 saturated heterocycles. The van der Waals surface area contributed by atoms with Gasteiger partial charge in [0.15, 0.2) is 5.58 Å². The Hall–Kier alpha value is -2.11. The SMILES string of the molecule is CCN(CC)S(=O)(=O)c1ccc2oc(SCC(=O)N3CCN(Cc4ccccc4)CC3)nc2c1.Cl. The average molecular weight is 539 g/mol. The molecule has 2 aromatic carbocycles. The third kappa shape index (κ3) is 6.56. The van der Waals surface area contributed by atoms with Gasteiger partial charge in [0.1, 0.15) is 5.52 Å². The highest BCUT2D eigenvalue weighted by Crippen LogP contribution is 2.27. The van der Waals surface area contributed by atoms with Gasteiger partial charge in [-0.1, -0.05) is 55.9 Å². The summed E-state index contributed by atoms with van der Waals surface area (Å²) in [6, 6.07) is 15.0. The Kier molecular flexibility index (Phi) is 9.60. The molecule has 1 aliphatic heterocycles. The molecular formula is C24H31ClN4O4S2. The number of fused-ring (bicyclic) bond motifs is 1. The topological polar surface area (TPSA) is 87.0 Å². The van der Waals surface area contributed by atoms with E-state index in [4.69, 9.17) is 4.42 Å². The second-order valence-electron chi connectivity index (χ2n) is 8.13. The second-order valence-corrected chi connectivity index (χ2v) is 11.0. The van der Waals surface area contributed by atoms with Crippen LogP contribution in [0.25, 0.3) is 11.1 Å². The Morgan fingerprint density at radius 1 is 1.06 bits per heavy atom. The minimum Gasteiger partial charge on any atom is -0.431 e. The maximum atomic E-state index is 12.8. The van der Waals surface area contributed by atoms with Gasteiger partial charge in [0.2, 0.25) is 15.9 Å². The van der Waals surface area contributed by atoms with Gasteiger partial charge in [-0.3, -0.25) is 9.69 Å². The number of carbonyl (C=O) groups is 1. The summed E-state index contributed by atoms with van der Waals surface area (Å²) in [5, 5.41) is 0.364. The molecule has 1 aromatic heterocycles. The van der Waals surface area contributed by atoms with Crippen molar-refractivity contribution in [3.63, 3.8) is 0 Å². The number of nitrogens with zero attached hydrogens (tertiary/aromatic N) is 4.